The van der Waals surface area contributed by atoms with E-state index in [1.54, 1.807) is 24.3 Å². The van der Waals surface area contributed by atoms with E-state index in [0.717, 1.165) is 0 Å². The Balaban J connectivity index is 2.88. The molecule has 0 unspecified atom stereocenters. The maximum atomic E-state index is 11.9. The molecule has 130 valence electrons. The first-order valence-electron chi connectivity index (χ1n) is 6.82. The Bertz CT molecular complexity index is 826. The Morgan fingerprint density at radius 2 is 1.42 bits per heavy atom. The van der Waals surface area contributed by atoms with E-state index in [0.29, 0.717) is 11.3 Å². The molecule has 0 aliphatic carbocycles. The first-order chi connectivity index (χ1) is 11.4. The van der Waals surface area contributed by atoms with E-state index in [1.165, 1.54) is 34.5 Å². The van der Waals surface area contributed by atoms with Crippen molar-refractivity contribution in [2.45, 2.75) is 4.90 Å². The number of hydrogen-bond acceptors (Lipinski definition) is 6. The van der Waals surface area contributed by atoms with Crippen LogP contribution in [0.4, 0.5) is 0 Å². The van der Waals surface area contributed by atoms with Crippen molar-refractivity contribution >= 4 is 10.1 Å². The molecule has 0 amide bonds. The molecular formula is C16H18O7S. The van der Waals surface area contributed by atoms with E-state index in [2.05, 4.69) is 0 Å². The highest BCUT2D eigenvalue weighted by Crippen LogP contribution is 2.48. The fourth-order valence-electron chi connectivity index (χ4n) is 2.37. The smallest absolute Gasteiger partial charge is 0.295 e. The average Bonchev–Trinajstić information content (AvgIpc) is 2.58. The predicted octanol–water partition coefficient (Wildman–Crippen LogP) is 2.63. The molecular weight excluding hydrogens is 336 g/mol. The van der Waals surface area contributed by atoms with Crippen LogP contribution in [-0.2, 0) is 10.1 Å². The van der Waals surface area contributed by atoms with E-state index in [9.17, 15) is 13.0 Å². The van der Waals surface area contributed by atoms with Crippen LogP contribution in [0.5, 0.6) is 23.0 Å². The van der Waals surface area contributed by atoms with Crippen LogP contribution < -0.4 is 18.9 Å². The zero-order valence-electron chi connectivity index (χ0n) is 13.7. The highest BCUT2D eigenvalue weighted by Gasteiger charge is 2.27. The second-order valence-corrected chi connectivity index (χ2v) is 6.11. The van der Waals surface area contributed by atoms with Crippen LogP contribution in [0.15, 0.2) is 35.2 Å². The lowest BCUT2D eigenvalue weighted by atomic mass is 10.0. The Kier molecular flexibility index (Phi) is 5.20. The summed E-state index contributed by atoms with van der Waals surface area (Å²) in [6.45, 7) is 0. The number of benzene rings is 2. The van der Waals surface area contributed by atoms with Crippen LogP contribution in [0, 0.1) is 0 Å². The summed E-state index contributed by atoms with van der Waals surface area (Å²) >= 11 is 0. The Hall–Kier alpha value is -2.45. The maximum Gasteiger partial charge on any atom is 0.295 e. The second-order valence-electron chi connectivity index (χ2n) is 4.72. The minimum atomic E-state index is -4.53. The molecule has 0 heterocycles. The molecule has 0 spiro atoms. The minimum absolute atomic E-state index is 0.124. The molecule has 0 aliphatic rings. The quantitative estimate of drug-likeness (QED) is 0.797. The molecule has 0 radical (unpaired) electrons. The predicted molar refractivity (Wildman–Crippen MR) is 87.9 cm³/mol. The number of rotatable bonds is 6. The van der Waals surface area contributed by atoms with E-state index >= 15 is 0 Å². The van der Waals surface area contributed by atoms with Gasteiger partial charge >= 0.3 is 0 Å². The van der Waals surface area contributed by atoms with Gasteiger partial charge in [0.05, 0.1) is 28.4 Å². The van der Waals surface area contributed by atoms with E-state index in [4.69, 9.17) is 18.9 Å². The lowest BCUT2D eigenvalue weighted by molar-refractivity contribution is 0.323. The summed E-state index contributed by atoms with van der Waals surface area (Å²) in [7, 11) is 1.13. The van der Waals surface area contributed by atoms with Gasteiger partial charge < -0.3 is 18.9 Å². The Labute approximate surface area is 140 Å². The highest BCUT2D eigenvalue weighted by atomic mass is 32.2. The summed E-state index contributed by atoms with van der Waals surface area (Å²) in [5.41, 5.74) is 0.668. The van der Waals surface area contributed by atoms with Gasteiger partial charge in [0.1, 0.15) is 10.6 Å². The molecule has 7 nitrogen and oxygen atoms in total. The molecule has 2 aromatic rings. The van der Waals surface area contributed by atoms with E-state index < -0.39 is 10.1 Å². The molecule has 24 heavy (non-hydrogen) atoms. The Morgan fingerprint density at radius 1 is 0.833 bits per heavy atom. The van der Waals surface area contributed by atoms with Crippen molar-refractivity contribution in [3.63, 3.8) is 0 Å². The van der Waals surface area contributed by atoms with Crippen LogP contribution >= 0.6 is 0 Å². The topological polar surface area (TPSA) is 91.3 Å². The molecule has 0 saturated heterocycles. The summed E-state index contributed by atoms with van der Waals surface area (Å²) in [5.74, 6) is 1.08. The van der Waals surface area contributed by atoms with Crippen LogP contribution in [0.1, 0.15) is 0 Å². The van der Waals surface area contributed by atoms with E-state index in [-0.39, 0.29) is 27.7 Å². The van der Waals surface area contributed by atoms with Crippen molar-refractivity contribution in [3.05, 3.63) is 30.3 Å². The molecule has 0 bridgehead atoms. The molecule has 2 rings (SSSR count). The molecule has 8 heteroatoms. The fraction of sp³-hybridized carbons (Fsp3) is 0.250. The van der Waals surface area contributed by atoms with Gasteiger partial charge in [0.15, 0.2) is 11.5 Å². The highest BCUT2D eigenvalue weighted by molar-refractivity contribution is 7.86. The van der Waals surface area contributed by atoms with Crippen LogP contribution in [0.25, 0.3) is 11.1 Å². The number of methoxy groups -OCH3 is 4. The van der Waals surface area contributed by atoms with Crippen molar-refractivity contribution in [2.75, 3.05) is 28.4 Å². The van der Waals surface area contributed by atoms with Crippen molar-refractivity contribution in [1.29, 1.82) is 0 Å². The molecule has 0 aromatic heterocycles. The van der Waals surface area contributed by atoms with Crippen LogP contribution in [0.3, 0.4) is 0 Å². The SMILES string of the molecule is COc1ccc(-c2c(S(=O)(=O)O)cc(OC)c(OC)c2OC)cc1. The summed E-state index contributed by atoms with van der Waals surface area (Å²) in [6, 6.07) is 7.82. The maximum absolute atomic E-state index is 11.9. The molecule has 0 saturated carbocycles. The largest absolute Gasteiger partial charge is 0.497 e. The molecule has 0 atom stereocenters. The van der Waals surface area contributed by atoms with Crippen molar-refractivity contribution < 1.29 is 31.9 Å². The third kappa shape index (κ3) is 3.24. The number of hydrogen-bond donors (Lipinski definition) is 1. The van der Waals surface area contributed by atoms with Gasteiger partial charge in [-0.3, -0.25) is 4.55 Å². The van der Waals surface area contributed by atoms with Crippen molar-refractivity contribution in [2.24, 2.45) is 0 Å². The lowest BCUT2D eigenvalue weighted by Crippen LogP contribution is -2.05. The number of ether oxygens (including phenoxy) is 4. The van der Waals surface area contributed by atoms with Gasteiger partial charge in [-0.25, -0.2) is 0 Å². The zero-order valence-corrected chi connectivity index (χ0v) is 14.5. The summed E-state index contributed by atoms with van der Waals surface area (Å²) in [4.78, 5) is -0.345. The van der Waals surface area contributed by atoms with Gasteiger partial charge in [-0.05, 0) is 17.7 Å². The molecule has 0 fully saturated rings. The monoisotopic (exact) mass is 354 g/mol. The standard InChI is InChI=1S/C16H18O7S/c1-20-11-7-5-10(6-8-11)14-13(24(17,18)19)9-12(21-2)15(22-3)16(14)23-4/h5-9H,1-4H3,(H,17,18,19). The van der Waals surface area contributed by atoms with Gasteiger partial charge in [0.2, 0.25) is 5.75 Å². The second kappa shape index (κ2) is 6.98. The van der Waals surface area contributed by atoms with Gasteiger partial charge in [-0.15, -0.1) is 0 Å². The van der Waals surface area contributed by atoms with Crippen LogP contribution in [0.2, 0.25) is 0 Å². The van der Waals surface area contributed by atoms with Gasteiger partial charge in [-0.1, -0.05) is 12.1 Å². The third-order valence-electron chi connectivity index (χ3n) is 3.45. The summed E-state index contributed by atoms with van der Waals surface area (Å²) < 4.78 is 54.2. The van der Waals surface area contributed by atoms with E-state index in [1.807, 2.05) is 0 Å². The van der Waals surface area contributed by atoms with Crippen LogP contribution in [-0.4, -0.2) is 41.4 Å². The Morgan fingerprint density at radius 3 is 1.83 bits per heavy atom. The normalized spacial score (nSPS) is 11.0. The van der Waals surface area contributed by atoms with Crippen molar-refractivity contribution in [3.8, 4) is 34.1 Å². The summed E-state index contributed by atoms with van der Waals surface area (Å²) in [5, 5.41) is 0. The summed E-state index contributed by atoms with van der Waals surface area (Å²) in [6.07, 6.45) is 0. The van der Waals surface area contributed by atoms with Crippen molar-refractivity contribution in [1.82, 2.24) is 0 Å². The minimum Gasteiger partial charge on any atom is -0.497 e. The zero-order chi connectivity index (χ0) is 17.9. The molecule has 2 aromatic carbocycles. The first kappa shape index (κ1) is 17.9. The first-order valence-corrected chi connectivity index (χ1v) is 8.26. The van der Waals surface area contributed by atoms with Gasteiger partial charge in [-0.2, -0.15) is 8.42 Å². The lowest BCUT2D eigenvalue weighted by Gasteiger charge is -2.18. The molecule has 0 aliphatic heterocycles. The average molecular weight is 354 g/mol. The third-order valence-corrected chi connectivity index (χ3v) is 4.33. The molecule has 1 N–H and O–H groups in total. The van der Waals surface area contributed by atoms with Gasteiger partial charge in [0, 0.05) is 11.6 Å². The fourth-order valence-corrected chi connectivity index (χ4v) is 3.09. The van der Waals surface area contributed by atoms with Gasteiger partial charge in [0.25, 0.3) is 10.1 Å².